The molecule has 0 saturated carbocycles. The first-order valence-electron chi connectivity index (χ1n) is 8.23. The van der Waals surface area contributed by atoms with Gasteiger partial charge in [0.25, 0.3) is 5.91 Å². The summed E-state index contributed by atoms with van der Waals surface area (Å²) in [6.07, 6.45) is 1.97. The second kappa shape index (κ2) is 9.62. The number of aryl methyl sites for hydroxylation is 1. The van der Waals surface area contributed by atoms with Crippen molar-refractivity contribution < 1.29 is 13.7 Å². The van der Waals surface area contributed by atoms with Crippen LogP contribution in [0, 0.1) is 12.8 Å². The second-order valence-electron chi connectivity index (χ2n) is 5.72. The van der Waals surface area contributed by atoms with Crippen molar-refractivity contribution >= 4 is 33.2 Å². The van der Waals surface area contributed by atoms with Crippen LogP contribution in [0.5, 0.6) is 5.75 Å². The fourth-order valence-electron chi connectivity index (χ4n) is 2.17. The molecule has 25 heavy (non-hydrogen) atoms. The van der Waals surface area contributed by atoms with Crippen LogP contribution in [0.3, 0.4) is 0 Å². The van der Waals surface area contributed by atoms with Crippen LogP contribution in [0.25, 0.3) is 0 Å². The lowest BCUT2D eigenvalue weighted by atomic mass is 10.1. The molecule has 136 valence electrons. The summed E-state index contributed by atoms with van der Waals surface area (Å²) in [6, 6.07) is 7.48. The van der Waals surface area contributed by atoms with Gasteiger partial charge in [0.15, 0.2) is 6.61 Å². The number of carbonyl (C=O) groups excluding carboxylic acids is 1. The van der Waals surface area contributed by atoms with Gasteiger partial charge < -0.3 is 4.74 Å². The lowest BCUT2D eigenvalue weighted by Gasteiger charge is -2.09. The molecule has 1 amide bonds. The summed E-state index contributed by atoms with van der Waals surface area (Å²) in [5.74, 6) is 1.30. The monoisotopic (exact) mass is 381 g/mol. The minimum atomic E-state index is -1.18. The predicted molar refractivity (Wildman–Crippen MR) is 101 cm³/mol. The van der Waals surface area contributed by atoms with E-state index in [0.717, 1.165) is 29.7 Å². The van der Waals surface area contributed by atoms with Crippen LogP contribution in [0.1, 0.15) is 32.3 Å². The Morgan fingerprint density at radius 3 is 2.76 bits per heavy atom. The van der Waals surface area contributed by atoms with E-state index in [9.17, 15) is 9.00 Å². The smallest absolute Gasteiger partial charge is 0.264 e. The van der Waals surface area contributed by atoms with Gasteiger partial charge in [-0.3, -0.25) is 14.3 Å². The molecular weight excluding hydrogens is 358 g/mol. The minimum Gasteiger partial charge on any atom is -0.484 e. The number of aromatic nitrogens is 2. The quantitative estimate of drug-likeness (QED) is 0.673. The molecule has 6 nitrogen and oxygen atoms in total. The SMILES string of the molecule is CCC(CC)CS(=O)c1nnc(NC(=O)COc2cccc(C)c2)s1. The van der Waals surface area contributed by atoms with E-state index < -0.39 is 10.8 Å². The predicted octanol–water partition coefficient (Wildman–Crippen LogP) is 3.41. The highest BCUT2D eigenvalue weighted by Gasteiger charge is 2.16. The van der Waals surface area contributed by atoms with Crippen LogP contribution < -0.4 is 10.1 Å². The Labute approximate surface area is 154 Å². The molecule has 2 rings (SSSR count). The van der Waals surface area contributed by atoms with Gasteiger partial charge >= 0.3 is 0 Å². The number of benzene rings is 1. The zero-order valence-electron chi connectivity index (χ0n) is 14.7. The van der Waals surface area contributed by atoms with Gasteiger partial charge in [-0.1, -0.05) is 50.2 Å². The zero-order chi connectivity index (χ0) is 18.2. The number of hydrogen-bond donors (Lipinski definition) is 1. The highest BCUT2D eigenvalue weighted by Crippen LogP contribution is 2.21. The Balaban J connectivity index is 1.85. The van der Waals surface area contributed by atoms with Crippen molar-refractivity contribution in [2.45, 2.75) is 38.0 Å². The summed E-state index contributed by atoms with van der Waals surface area (Å²) in [7, 11) is -1.18. The molecular formula is C17H23N3O3S2. The average Bonchev–Trinajstić information content (AvgIpc) is 3.06. The Bertz CT molecular complexity index is 729. The van der Waals surface area contributed by atoms with Gasteiger partial charge in [-0.15, -0.1) is 10.2 Å². The van der Waals surface area contributed by atoms with Crippen LogP contribution in [0.15, 0.2) is 28.6 Å². The second-order valence-corrected chi connectivity index (χ2v) is 8.37. The van der Waals surface area contributed by atoms with Crippen LogP contribution in [-0.4, -0.2) is 32.7 Å². The lowest BCUT2D eigenvalue weighted by Crippen LogP contribution is -2.20. The fourth-order valence-corrected chi connectivity index (χ4v) is 4.65. The number of anilines is 1. The number of hydrogen-bond acceptors (Lipinski definition) is 6. The van der Waals surface area contributed by atoms with Crippen molar-refractivity contribution in [3.63, 3.8) is 0 Å². The average molecular weight is 382 g/mol. The molecule has 0 radical (unpaired) electrons. The largest absolute Gasteiger partial charge is 0.484 e. The first kappa shape index (κ1) is 19.5. The van der Waals surface area contributed by atoms with Gasteiger partial charge in [0, 0.05) is 5.75 Å². The third-order valence-corrected chi connectivity index (χ3v) is 6.44. The number of nitrogens with zero attached hydrogens (tertiary/aromatic N) is 2. The van der Waals surface area contributed by atoms with Crippen molar-refractivity contribution in [2.75, 3.05) is 17.7 Å². The summed E-state index contributed by atoms with van der Waals surface area (Å²) in [5, 5.41) is 10.8. The van der Waals surface area contributed by atoms with Crippen molar-refractivity contribution in [1.29, 1.82) is 0 Å². The Hall–Kier alpha value is -1.80. The number of carbonyl (C=O) groups is 1. The lowest BCUT2D eigenvalue weighted by molar-refractivity contribution is -0.118. The van der Waals surface area contributed by atoms with Gasteiger partial charge in [-0.25, -0.2) is 0 Å². The molecule has 0 saturated heterocycles. The molecule has 0 spiro atoms. The van der Waals surface area contributed by atoms with E-state index in [1.807, 2.05) is 25.1 Å². The highest BCUT2D eigenvalue weighted by molar-refractivity contribution is 7.87. The van der Waals surface area contributed by atoms with Crippen LogP contribution in [0.4, 0.5) is 5.13 Å². The van der Waals surface area contributed by atoms with E-state index >= 15 is 0 Å². The zero-order valence-corrected chi connectivity index (χ0v) is 16.3. The van der Waals surface area contributed by atoms with Gasteiger partial charge in [-0.05, 0) is 30.5 Å². The van der Waals surface area contributed by atoms with Gasteiger partial charge in [-0.2, -0.15) is 0 Å². The van der Waals surface area contributed by atoms with E-state index in [0.29, 0.717) is 26.9 Å². The molecule has 8 heteroatoms. The van der Waals surface area contributed by atoms with E-state index in [-0.39, 0.29) is 12.5 Å². The van der Waals surface area contributed by atoms with E-state index in [1.54, 1.807) is 6.07 Å². The minimum absolute atomic E-state index is 0.116. The molecule has 2 aromatic rings. The third-order valence-electron chi connectivity index (χ3n) is 3.75. The normalized spacial score (nSPS) is 12.2. The molecule has 1 atom stereocenters. The van der Waals surface area contributed by atoms with Crippen molar-refractivity contribution in [1.82, 2.24) is 10.2 Å². The van der Waals surface area contributed by atoms with Crippen molar-refractivity contribution in [3.8, 4) is 5.75 Å². The first-order chi connectivity index (χ1) is 12.0. The maximum atomic E-state index is 12.3. The highest BCUT2D eigenvalue weighted by atomic mass is 32.2. The Kier molecular flexibility index (Phi) is 7.52. The molecule has 1 heterocycles. The summed E-state index contributed by atoms with van der Waals surface area (Å²) in [5.41, 5.74) is 1.06. The van der Waals surface area contributed by atoms with Gasteiger partial charge in [0.2, 0.25) is 9.47 Å². The number of ether oxygens (including phenoxy) is 1. The Morgan fingerprint density at radius 2 is 2.08 bits per heavy atom. The fraction of sp³-hybridized carbons (Fsp3) is 0.471. The van der Waals surface area contributed by atoms with E-state index in [2.05, 4.69) is 29.4 Å². The molecule has 1 aromatic carbocycles. The molecule has 0 bridgehead atoms. The third kappa shape index (κ3) is 6.21. The Morgan fingerprint density at radius 1 is 1.32 bits per heavy atom. The van der Waals surface area contributed by atoms with Crippen LogP contribution >= 0.6 is 11.3 Å². The summed E-state index contributed by atoms with van der Waals surface area (Å²) < 4.78 is 18.2. The van der Waals surface area contributed by atoms with Crippen molar-refractivity contribution in [3.05, 3.63) is 29.8 Å². The standard InChI is InChI=1S/C17H23N3O3S2/c1-4-13(5-2)11-25(22)17-20-19-16(24-17)18-15(21)10-23-14-8-6-7-12(3)9-14/h6-9,13H,4-5,10-11H2,1-3H3,(H,18,19,21). The first-order valence-corrected chi connectivity index (χ1v) is 10.4. The van der Waals surface area contributed by atoms with Crippen LogP contribution in [0.2, 0.25) is 0 Å². The molecule has 1 unspecified atom stereocenters. The molecule has 0 aliphatic carbocycles. The number of amides is 1. The van der Waals surface area contributed by atoms with Crippen molar-refractivity contribution in [2.24, 2.45) is 5.92 Å². The van der Waals surface area contributed by atoms with Crippen LogP contribution in [-0.2, 0) is 15.6 Å². The van der Waals surface area contributed by atoms with Gasteiger partial charge in [0.1, 0.15) is 5.75 Å². The topological polar surface area (TPSA) is 81.2 Å². The summed E-state index contributed by atoms with van der Waals surface area (Å²) in [6.45, 7) is 6.02. The summed E-state index contributed by atoms with van der Waals surface area (Å²) >= 11 is 1.15. The maximum absolute atomic E-state index is 12.3. The number of rotatable bonds is 9. The van der Waals surface area contributed by atoms with Gasteiger partial charge in [0.05, 0.1) is 10.8 Å². The molecule has 1 N–H and O–H groups in total. The maximum Gasteiger partial charge on any atom is 0.264 e. The molecule has 0 aliphatic heterocycles. The van der Waals surface area contributed by atoms with E-state index in [4.69, 9.17) is 4.74 Å². The summed E-state index contributed by atoms with van der Waals surface area (Å²) in [4.78, 5) is 11.9. The molecule has 0 fully saturated rings. The molecule has 1 aromatic heterocycles. The number of nitrogens with one attached hydrogen (secondary N) is 1. The van der Waals surface area contributed by atoms with E-state index in [1.165, 1.54) is 0 Å². The molecule has 0 aliphatic rings.